The fourth-order valence-electron chi connectivity index (χ4n) is 3.11. The number of amides is 1. The molecule has 2 aromatic rings. The molecule has 1 heterocycles. The molecule has 7 heteroatoms. The van der Waals surface area contributed by atoms with Gasteiger partial charge in [0.25, 0.3) is 5.91 Å². The Labute approximate surface area is 178 Å². The number of rotatable bonds is 4. The predicted octanol–water partition coefficient (Wildman–Crippen LogP) is 5.89. The third kappa shape index (κ3) is 5.09. The normalized spacial score (nSPS) is 14.9. The molecular formula is C22H25BrFN3O2. The second-order valence-electron chi connectivity index (χ2n) is 6.57. The fourth-order valence-corrected chi connectivity index (χ4v) is 3.64. The van der Waals surface area contributed by atoms with Gasteiger partial charge in [-0.1, -0.05) is 39.0 Å². The zero-order valence-electron chi connectivity index (χ0n) is 16.8. The molecule has 1 aromatic heterocycles. The van der Waals surface area contributed by atoms with Crippen molar-refractivity contribution >= 4 is 39.8 Å². The molecule has 1 aliphatic rings. The predicted molar refractivity (Wildman–Crippen MR) is 118 cm³/mol. The third-order valence-corrected chi connectivity index (χ3v) is 4.91. The Balaban J connectivity index is 0.000000941. The molecule has 0 saturated carbocycles. The van der Waals surface area contributed by atoms with Crippen LogP contribution in [0, 0.1) is 5.82 Å². The van der Waals surface area contributed by atoms with Crippen LogP contribution in [0.4, 0.5) is 10.1 Å². The summed E-state index contributed by atoms with van der Waals surface area (Å²) < 4.78 is 13.7. The molecule has 2 N–H and O–H groups in total. The molecule has 1 aromatic carbocycles. The first-order valence-electron chi connectivity index (χ1n) is 9.50. The van der Waals surface area contributed by atoms with Crippen molar-refractivity contribution in [3.05, 3.63) is 57.6 Å². The van der Waals surface area contributed by atoms with Crippen LogP contribution in [0.3, 0.4) is 0 Å². The lowest BCUT2D eigenvalue weighted by Gasteiger charge is -2.16. The standard InChI is InChI=1S/C19H17BrFN3O2.C3H8/c1-3-12-15(22-4-2)17(25)16(24-18(12)20)19(26)23-14-8-5-10-9-11(21)6-7-13(10)14;1-3-2/h3-4,6-7,9,14,25H,1,5,8H2,2H3,(H,23,26);3H2,1-2H3. The molecule has 1 unspecified atom stereocenters. The molecule has 0 aliphatic heterocycles. The number of pyridine rings is 1. The number of hydrogen-bond donors (Lipinski definition) is 2. The molecule has 1 atom stereocenters. The van der Waals surface area contributed by atoms with E-state index >= 15 is 0 Å². The number of hydrogen-bond acceptors (Lipinski definition) is 4. The van der Waals surface area contributed by atoms with Crippen LogP contribution in [0.15, 0.2) is 34.4 Å². The highest BCUT2D eigenvalue weighted by Crippen LogP contribution is 2.38. The smallest absolute Gasteiger partial charge is 0.274 e. The van der Waals surface area contributed by atoms with Gasteiger partial charge in [0.05, 0.1) is 6.04 Å². The number of nitrogens with zero attached hydrogens (tertiary/aromatic N) is 2. The van der Waals surface area contributed by atoms with Crippen LogP contribution >= 0.6 is 15.9 Å². The number of carbonyl (C=O) groups is 1. The van der Waals surface area contributed by atoms with Crippen LogP contribution in [-0.2, 0) is 6.42 Å². The Morgan fingerprint density at radius 2 is 2.17 bits per heavy atom. The maximum absolute atomic E-state index is 13.3. The topological polar surface area (TPSA) is 74.6 Å². The van der Waals surface area contributed by atoms with E-state index in [0.29, 0.717) is 23.0 Å². The van der Waals surface area contributed by atoms with E-state index in [1.165, 1.54) is 30.8 Å². The molecule has 29 heavy (non-hydrogen) atoms. The SMILES string of the molecule is C=Cc1c(Br)nc(C(=O)NC2CCc3cc(F)ccc32)c(O)c1N=CC.CCC. The van der Waals surface area contributed by atoms with Crippen LogP contribution in [-0.4, -0.2) is 22.2 Å². The van der Waals surface area contributed by atoms with Gasteiger partial charge in [0.15, 0.2) is 11.4 Å². The molecule has 154 valence electrons. The second-order valence-corrected chi connectivity index (χ2v) is 7.32. The van der Waals surface area contributed by atoms with E-state index in [0.717, 1.165) is 11.1 Å². The van der Waals surface area contributed by atoms with Crippen molar-refractivity contribution in [2.75, 3.05) is 0 Å². The van der Waals surface area contributed by atoms with E-state index in [1.54, 1.807) is 13.0 Å². The molecule has 0 fully saturated rings. The van der Waals surface area contributed by atoms with Gasteiger partial charge in [0, 0.05) is 11.8 Å². The summed E-state index contributed by atoms with van der Waals surface area (Å²) in [6, 6.07) is 4.29. The lowest BCUT2D eigenvalue weighted by Crippen LogP contribution is -2.28. The summed E-state index contributed by atoms with van der Waals surface area (Å²) in [6.45, 7) is 9.63. The van der Waals surface area contributed by atoms with E-state index in [2.05, 4.69) is 51.6 Å². The molecule has 0 bridgehead atoms. The van der Waals surface area contributed by atoms with E-state index in [-0.39, 0.29) is 29.0 Å². The summed E-state index contributed by atoms with van der Waals surface area (Å²) in [5.74, 6) is -1.12. The number of aliphatic imine (C=N–C) groups is 1. The number of fused-ring (bicyclic) bond motifs is 1. The first-order chi connectivity index (χ1) is 13.9. The summed E-state index contributed by atoms with van der Waals surface area (Å²) in [5.41, 5.74) is 2.36. The molecule has 0 saturated heterocycles. The molecular weight excluding hydrogens is 437 g/mol. The number of carbonyl (C=O) groups excluding carboxylic acids is 1. The average Bonchev–Trinajstić information content (AvgIpc) is 3.07. The Morgan fingerprint density at radius 1 is 1.48 bits per heavy atom. The molecule has 3 rings (SSSR count). The van der Waals surface area contributed by atoms with E-state index in [9.17, 15) is 14.3 Å². The zero-order valence-corrected chi connectivity index (χ0v) is 18.4. The third-order valence-electron chi connectivity index (χ3n) is 4.30. The molecule has 5 nitrogen and oxygen atoms in total. The van der Waals surface area contributed by atoms with Gasteiger partial charge in [0.1, 0.15) is 16.1 Å². The minimum absolute atomic E-state index is 0.126. The van der Waals surface area contributed by atoms with Gasteiger partial charge in [0.2, 0.25) is 0 Å². The Morgan fingerprint density at radius 3 is 2.79 bits per heavy atom. The van der Waals surface area contributed by atoms with Gasteiger partial charge in [-0.25, -0.2) is 9.37 Å². The maximum Gasteiger partial charge on any atom is 0.274 e. The average molecular weight is 462 g/mol. The van der Waals surface area contributed by atoms with Crippen molar-refractivity contribution in [3.8, 4) is 5.75 Å². The van der Waals surface area contributed by atoms with Crippen LogP contribution in [0.25, 0.3) is 6.08 Å². The minimum atomic E-state index is -0.520. The summed E-state index contributed by atoms with van der Waals surface area (Å²) in [4.78, 5) is 21.0. The summed E-state index contributed by atoms with van der Waals surface area (Å²) >= 11 is 3.29. The highest BCUT2D eigenvalue weighted by atomic mass is 79.9. The number of aryl methyl sites for hydroxylation is 1. The van der Waals surface area contributed by atoms with Crippen molar-refractivity contribution in [2.45, 2.75) is 46.1 Å². The lowest BCUT2D eigenvalue weighted by molar-refractivity contribution is 0.0928. The number of aromatic nitrogens is 1. The monoisotopic (exact) mass is 461 g/mol. The fraction of sp³-hybridized carbons (Fsp3) is 0.318. The molecule has 0 radical (unpaired) electrons. The molecule has 1 aliphatic carbocycles. The van der Waals surface area contributed by atoms with E-state index < -0.39 is 5.91 Å². The van der Waals surface area contributed by atoms with Crippen LogP contribution in [0.5, 0.6) is 5.75 Å². The zero-order chi connectivity index (χ0) is 21.6. The minimum Gasteiger partial charge on any atom is -0.504 e. The van der Waals surface area contributed by atoms with Crippen LogP contribution in [0.1, 0.15) is 66.8 Å². The number of aromatic hydroxyl groups is 1. The summed E-state index contributed by atoms with van der Waals surface area (Å²) in [7, 11) is 0. The van der Waals surface area contributed by atoms with Gasteiger partial charge < -0.3 is 10.4 Å². The van der Waals surface area contributed by atoms with Gasteiger partial charge in [-0.15, -0.1) is 0 Å². The van der Waals surface area contributed by atoms with Crippen molar-refractivity contribution in [3.63, 3.8) is 0 Å². The number of nitrogens with one attached hydrogen (secondary N) is 1. The number of halogens is 2. The van der Waals surface area contributed by atoms with Crippen molar-refractivity contribution < 1.29 is 14.3 Å². The molecule has 0 spiro atoms. The second kappa shape index (κ2) is 10.3. The van der Waals surface area contributed by atoms with Gasteiger partial charge in [-0.2, -0.15) is 0 Å². The van der Waals surface area contributed by atoms with Crippen LogP contribution in [0.2, 0.25) is 0 Å². The highest BCUT2D eigenvalue weighted by molar-refractivity contribution is 9.10. The Kier molecular flexibility index (Phi) is 8.08. The molecule has 1 amide bonds. The van der Waals surface area contributed by atoms with Gasteiger partial charge >= 0.3 is 0 Å². The highest BCUT2D eigenvalue weighted by Gasteiger charge is 2.27. The summed E-state index contributed by atoms with van der Waals surface area (Å²) in [5, 5.41) is 13.3. The van der Waals surface area contributed by atoms with Crippen LogP contribution < -0.4 is 5.32 Å². The lowest BCUT2D eigenvalue weighted by atomic mass is 10.1. The van der Waals surface area contributed by atoms with Gasteiger partial charge in [-0.05, 0) is 59.0 Å². The van der Waals surface area contributed by atoms with Crippen molar-refractivity contribution in [2.24, 2.45) is 4.99 Å². The first kappa shape index (κ1) is 22.7. The van der Waals surface area contributed by atoms with Crippen molar-refractivity contribution in [1.82, 2.24) is 10.3 Å². The van der Waals surface area contributed by atoms with E-state index in [4.69, 9.17) is 0 Å². The van der Waals surface area contributed by atoms with E-state index in [1.807, 2.05) is 0 Å². The Hall–Kier alpha value is -2.54. The maximum atomic E-state index is 13.3. The number of benzene rings is 1. The van der Waals surface area contributed by atoms with Gasteiger partial charge in [-0.3, -0.25) is 9.79 Å². The van der Waals surface area contributed by atoms with Crippen molar-refractivity contribution in [1.29, 1.82) is 0 Å². The largest absolute Gasteiger partial charge is 0.504 e. The summed E-state index contributed by atoms with van der Waals surface area (Å²) in [6.07, 6.45) is 5.61. The Bertz CT molecular complexity index is 944. The first-order valence-corrected chi connectivity index (χ1v) is 10.3. The quantitative estimate of drug-likeness (QED) is 0.440.